The number of aryl methyl sites for hydroxylation is 1. The van der Waals surface area contributed by atoms with Gasteiger partial charge in [-0.15, -0.1) is 11.3 Å². The number of carbonyl (C=O) groups is 3. The molecule has 1 unspecified atom stereocenters. The van der Waals surface area contributed by atoms with Crippen molar-refractivity contribution in [1.29, 1.82) is 0 Å². The SMILES string of the molecule is Cc1ncsc1-c1ccc(CNC(=O)[C@@H]2C[C@@H](O)CN2C(=O)C(NC(=O)CCCCCOCCOCCOCCCCCCI)C(C)(C)C)cc1. The Morgan fingerprint density at radius 2 is 1.55 bits per heavy atom. The molecular weight excluding hydrogens is 783 g/mol. The second-order valence-electron chi connectivity index (χ2n) is 14.2. The summed E-state index contributed by atoms with van der Waals surface area (Å²) in [7, 11) is 0. The number of thiazole rings is 1. The summed E-state index contributed by atoms with van der Waals surface area (Å²) < 4.78 is 18.0. The van der Waals surface area contributed by atoms with Crippen molar-refractivity contribution in [2.45, 2.75) is 110 Å². The molecule has 13 heteroatoms. The standard InChI is InChI=1S/C38H59IN4O7S/c1-28-34(51-27-41-28)30-15-13-29(14-16-30)25-40-36(46)32-24-31(44)26-43(32)37(47)35(38(2,3)4)42-33(45)12-8-7-11-19-49-21-23-50-22-20-48-18-10-6-5-9-17-39/h13-16,27,31-32,35,44H,5-12,17-26H2,1-4H3,(H,40,46)(H,42,45)/t31-,32+,35?/m1/s1. The van der Waals surface area contributed by atoms with Crippen molar-refractivity contribution in [3.63, 3.8) is 0 Å². The van der Waals surface area contributed by atoms with Gasteiger partial charge in [-0.2, -0.15) is 0 Å². The fourth-order valence-electron chi connectivity index (χ4n) is 5.87. The third kappa shape index (κ3) is 15.8. The van der Waals surface area contributed by atoms with Crippen molar-refractivity contribution in [3.8, 4) is 10.4 Å². The molecule has 1 fully saturated rings. The van der Waals surface area contributed by atoms with Crippen LogP contribution in [0.3, 0.4) is 0 Å². The van der Waals surface area contributed by atoms with Crippen LogP contribution in [0.4, 0.5) is 0 Å². The number of unbranched alkanes of at least 4 members (excludes halogenated alkanes) is 5. The van der Waals surface area contributed by atoms with E-state index in [1.807, 2.05) is 57.5 Å². The quantitative estimate of drug-likeness (QED) is 0.0682. The normalized spacial score (nSPS) is 16.7. The molecule has 1 aliphatic heterocycles. The maximum absolute atomic E-state index is 13.9. The lowest BCUT2D eigenvalue weighted by atomic mass is 9.85. The summed E-state index contributed by atoms with van der Waals surface area (Å²) in [5.41, 5.74) is 4.20. The van der Waals surface area contributed by atoms with E-state index in [0.29, 0.717) is 46.0 Å². The number of benzene rings is 1. The van der Waals surface area contributed by atoms with Crippen LogP contribution in [0.25, 0.3) is 10.4 Å². The first kappa shape index (κ1) is 43.2. The van der Waals surface area contributed by atoms with E-state index in [-0.39, 0.29) is 37.1 Å². The summed E-state index contributed by atoms with van der Waals surface area (Å²) in [5.74, 6) is -0.897. The third-order valence-electron chi connectivity index (χ3n) is 8.82. The second-order valence-corrected chi connectivity index (χ2v) is 16.1. The lowest BCUT2D eigenvalue weighted by Gasteiger charge is -2.35. The highest BCUT2D eigenvalue weighted by molar-refractivity contribution is 14.1. The summed E-state index contributed by atoms with van der Waals surface area (Å²) in [6.45, 7) is 11.6. The zero-order valence-electron chi connectivity index (χ0n) is 30.9. The molecule has 1 saturated heterocycles. The maximum atomic E-state index is 13.9. The van der Waals surface area contributed by atoms with Crippen LogP contribution in [0.2, 0.25) is 0 Å². The molecule has 3 N–H and O–H groups in total. The van der Waals surface area contributed by atoms with Gasteiger partial charge in [0.05, 0.1) is 48.6 Å². The first-order valence-corrected chi connectivity index (χ1v) is 20.8. The number of alkyl halides is 1. The van der Waals surface area contributed by atoms with Gasteiger partial charge in [0.25, 0.3) is 0 Å². The van der Waals surface area contributed by atoms with Gasteiger partial charge in [0.1, 0.15) is 12.1 Å². The molecule has 1 aromatic carbocycles. The molecule has 286 valence electrons. The van der Waals surface area contributed by atoms with Gasteiger partial charge in [-0.3, -0.25) is 14.4 Å². The molecule has 1 aliphatic rings. The van der Waals surface area contributed by atoms with Crippen LogP contribution < -0.4 is 10.6 Å². The van der Waals surface area contributed by atoms with Crippen molar-refractivity contribution in [2.24, 2.45) is 5.41 Å². The van der Waals surface area contributed by atoms with Gasteiger partial charge >= 0.3 is 0 Å². The second kappa shape index (κ2) is 23.5. The predicted molar refractivity (Wildman–Crippen MR) is 210 cm³/mol. The summed E-state index contributed by atoms with van der Waals surface area (Å²) in [6, 6.07) is 6.28. The molecule has 3 atom stereocenters. The number of hydrogen-bond donors (Lipinski definition) is 3. The van der Waals surface area contributed by atoms with Crippen LogP contribution in [0, 0.1) is 12.3 Å². The maximum Gasteiger partial charge on any atom is 0.246 e. The lowest BCUT2D eigenvalue weighted by molar-refractivity contribution is -0.144. The van der Waals surface area contributed by atoms with Crippen molar-refractivity contribution in [2.75, 3.05) is 50.6 Å². The fourth-order valence-corrected chi connectivity index (χ4v) is 7.23. The van der Waals surface area contributed by atoms with Gasteiger partial charge in [0.15, 0.2) is 0 Å². The Bertz CT molecular complexity index is 1320. The van der Waals surface area contributed by atoms with Crippen LogP contribution in [-0.2, 0) is 35.1 Å². The van der Waals surface area contributed by atoms with Crippen LogP contribution in [-0.4, -0.2) is 102 Å². The van der Waals surface area contributed by atoms with Crippen molar-refractivity contribution in [1.82, 2.24) is 20.5 Å². The Labute approximate surface area is 322 Å². The first-order valence-electron chi connectivity index (χ1n) is 18.4. The third-order valence-corrected chi connectivity index (χ3v) is 10.6. The highest BCUT2D eigenvalue weighted by Crippen LogP contribution is 2.28. The number of β-amino-alcohol motifs (C(OH)–C–C–N with tert-alkyl or cyclic N) is 1. The van der Waals surface area contributed by atoms with E-state index in [1.165, 1.54) is 28.6 Å². The van der Waals surface area contributed by atoms with Gasteiger partial charge in [-0.05, 0) is 53.6 Å². The van der Waals surface area contributed by atoms with Crippen LogP contribution in [0.5, 0.6) is 0 Å². The molecule has 2 aromatic rings. The lowest BCUT2D eigenvalue weighted by Crippen LogP contribution is -2.57. The number of nitrogens with zero attached hydrogens (tertiary/aromatic N) is 2. The molecule has 0 spiro atoms. The van der Waals surface area contributed by atoms with E-state index in [9.17, 15) is 19.5 Å². The molecule has 0 saturated carbocycles. The Morgan fingerprint density at radius 1 is 0.941 bits per heavy atom. The molecule has 0 aliphatic carbocycles. The average Bonchev–Trinajstić information content (AvgIpc) is 3.72. The van der Waals surface area contributed by atoms with E-state index in [4.69, 9.17) is 14.2 Å². The summed E-state index contributed by atoms with van der Waals surface area (Å²) in [5, 5.41) is 16.4. The predicted octanol–water partition coefficient (Wildman–Crippen LogP) is 5.83. The minimum Gasteiger partial charge on any atom is -0.391 e. The summed E-state index contributed by atoms with van der Waals surface area (Å²) in [6.07, 6.45) is 6.81. The van der Waals surface area contributed by atoms with E-state index >= 15 is 0 Å². The fraction of sp³-hybridized carbons (Fsp3) is 0.684. The number of aliphatic hydroxyl groups is 1. The largest absolute Gasteiger partial charge is 0.391 e. The number of rotatable bonds is 24. The van der Waals surface area contributed by atoms with E-state index < -0.39 is 23.6 Å². The molecular formula is C38H59IN4O7S. The van der Waals surface area contributed by atoms with Crippen molar-refractivity contribution in [3.05, 3.63) is 41.0 Å². The minimum atomic E-state index is -0.840. The monoisotopic (exact) mass is 842 g/mol. The summed E-state index contributed by atoms with van der Waals surface area (Å²) in [4.78, 5) is 47.0. The average molecular weight is 843 g/mol. The van der Waals surface area contributed by atoms with Gasteiger partial charge < -0.3 is 34.9 Å². The van der Waals surface area contributed by atoms with Gasteiger partial charge in [0.2, 0.25) is 17.7 Å². The highest BCUT2D eigenvalue weighted by Gasteiger charge is 2.44. The molecule has 11 nitrogen and oxygen atoms in total. The number of aromatic nitrogens is 1. The van der Waals surface area contributed by atoms with Gasteiger partial charge in [-0.25, -0.2) is 4.98 Å². The Balaban J connectivity index is 1.34. The molecule has 0 radical (unpaired) electrons. The van der Waals surface area contributed by atoms with E-state index in [1.54, 1.807) is 11.3 Å². The molecule has 2 heterocycles. The molecule has 3 amide bonds. The number of amides is 3. The summed E-state index contributed by atoms with van der Waals surface area (Å²) >= 11 is 4.00. The van der Waals surface area contributed by atoms with Crippen LogP contribution >= 0.6 is 33.9 Å². The van der Waals surface area contributed by atoms with Crippen LogP contribution in [0.15, 0.2) is 29.8 Å². The Hall–Kier alpha value is -2.17. The van der Waals surface area contributed by atoms with E-state index in [0.717, 1.165) is 47.6 Å². The number of hydrogen-bond acceptors (Lipinski definition) is 9. The molecule has 0 bridgehead atoms. The van der Waals surface area contributed by atoms with Gasteiger partial charge in [-0.1, -0.05) is 86.9 Å². The number of likely N-dealkylation sites (tertiary alicyclic amines) is 1. The Kier molecular flexibility index (Phi) is 19.9. The topological polar surface area (TPSA) is 139 Å². The van der Waals surface area contributed by atoms with E-state index in [2.05, 4.69) is 38.2 Å². The number of carbonyl (C=O) groups excluding carboxylic acids is 3. The van der Waals surface area contributed by atoms with Crippen molar-refractivity contribution >= 4 is 51.6 Å². The smallest absolute Gasteiger partial charge is 0.246 e. The minimum absolute atomic E-state index is 0.0418. The zero-order chi connectivity index (χ0) is 37.1. The number of nitrogens with one attached hydrogen (secondary N) is 2. The Morgan fingerprint density at radius 3 is 2.14 bits per heavy atom. The highest BCUT2D eigenvalue weighted by atomic mass is 127. The number of ether oxygens (including phenoxy) is 3. The molecule has 51 heavy (non-hydrogen) atoms. The zero-order valence-corrected chi connectivity index (χ0v) is 33.9. The first-order chi connectivity index (χ1) is 24.5. The molecule has 3 rings (SSSR count). The van der Waals surface area contributed by atoms with Crippen LogP contribution in [0.1, 0.15) is 89.8 Å². The number of halogens is 1. The van der Waals surface area contributed by atoms with Crippen molar-refractivity contribution < 1.29 is 33.7 Å². The van der Waals surface area contributed by atoms with Gasteiger partial charge in [0, 0.05) is 39.1 Å². The molecule has 1 aromatic heterocycles. The number of aliphatic hydroxyl groups excluding tert-OH is 1.